The molecular formula is C23H35N3O6. The normalized spacial score (nSPS) is 13.4. The van der Waals surface area contributed by atoms with Gasteiger partial charge in [-0.3, -0.25) is 14.4 Å². The molecule has 178 valence electrons. The number of ether oxygens (including phenoxy) is 2. The fourth-order valence-corrected chi connectivity index (χ4v) is 2.91. The maximum atomic E-state index is 13.0. The first-order chi connectivity index (χ1) is 15.2. The van der Waals surface area contributed by atoms with Gasteiger partial charge in [-0.1, -0.05) is 64.4 Å². The van der Waals surface area contributed by atoms with E-state index in [1.165, 1.54) is 7.11 Å². The number of rotatable bonds is 12. The van der Waals surface area contributed by atoms with E-state index in [2.05, 4.69) is 20.7 Å². The number of hydrogen-bond acceptors (Lipinski definition) is 6. The van der Waals surface area contributed by atoms with Crippen LogP contribution in [-0.2, 0) is 30.5 Å². The Bertz CT molecular complexity index is 753. The van der Waals surface area contributed by atoms with Gasteiger partial charge in [-0.25, -0.2) is 4.79 Å². The van der Waals surface area contributed by atoms with E-state index in [4.69, 9.17) is 4.74 Å². The Morgan fingerprint density at radius 2 is 1.62 bits per heavy atom. The predicted octanol–water partition coefficient (Wildman–Crippen LogP) is 2.15. The fraction of sp³-hybridized carbons (Fsp3) is 0.565. The summed E-state index contributed by atoms with van der Waals surface area (Å²) in [6.07, 6.45) is 0.273. The van der Waals surface area contributed by atoms with Gasteiger partial charge in [0.2, 0.25) is 11.8 Å². The maximum absolute atomic E-state index is 13.0. The molecule has 0 fully saturated rings. The van der Waals surface area contributed by atoms with Gasteiger partial charge in [0.1, 0.15) is 25.2 Å². The number of carbonyl (C=O) groups is 4. The van der Waals surface area contributed by atoms with Gasteiger partial charge in [0.05, 0.1) is 7.11 Å². The minimum Gasteiger partial charge on any atom is -0.468 e. The lowest BCUT2D eigenvalue weighted by atomic mass is 9.97. The summed E-state index contributed by atoms with van der Waals surface area (Å²) in [6.45, 7) is 7.34. The minimum absolute atomic E-state index is 0.0768. The highest BCUT2D eigenvalue weighted by Crippen LogP contribution is 2.11. The van der Waals surface area contributed by atoms with Crippen LogP contribution in [0.2, 0.25) is 0 Å². The molecular weight excluding hydrogens is 414 g/mol. The van der Waals surface area contributed by atoms with Crippen molar-refractivity contribution < 1.29 is 28.7 Å². The van der Waals surface area contributed by atoms with Crippen LogP contribution in [0.25, 0.3) is 0 Å². The summed E-state index contributed by atoms with van der Waals surface area (Å²) < 4.78 is 9.76. The van der Waals surface area contributed by atoms with Gasteiger partial charge in [0.25, 0.3) is 0 Å². The summed E-state index contributed by atoms with van der Waals surface area (Å²) in [7, 11) is 1.22. The summed E-state index contributed by atoms with van der Waals surface area (Å²) in [5.41, 5.74) is 0.825. The molecule has 0 heterocycles. The topological polar surface area (TPSA) is 123 Å². The summed E-state index contributed by atoms with van der Waals surface area (Å²) in [5.74, 6) is -1.66. The van der Waals surface area contributed by atoms with Gasteiger partial charge in [0, 0.05) is 0 Å². The van der Waals surface area contributed by atoms with Crippen molar-refractivity contribution in [2.45, 2.75) is 59.2 Å². The Balaban J connectivity index is 2.80. The lowest BCUT2D eigenvalue weighted by molar-refractivity contribution is -0.141. The van der Waals surface area contributed by atoms with Crippen molar-refractivity contribution in [3.63, 3.8) is 0 Å². The Morgan fingerprint density at radius 3 is 2.19 bits per heavy atom. The van der Waals surface area contributed by atoms with Crippen LogP contribution in [0.1, 0.15) is 46.1 Å². The molecule has 0 bridgehead atoms. The molecule has 3 amide bonds. The Hall–Kier alpha value is -3.10. The largest absolute Gasteiger partial charge is 0.468 e. The highest BCUT2D eigenvalue weighted by molar-refractivity contribution is 5.92. The molecule has 0 aromatic heterocycles. The molecule has 1 aromatic carbocycles. The zero-order valence-electron chi connectivity index (χ0n) is 19.5. The molecule has 0 radical (unpaired) electrons. The molecule has 0 aliphatic heterocycles. The smallest absolute Gasteiger partial charge is 0.408 e. The second-order valence-corrected chi connectivity index (χ2v) is 8.05. The van der Waals surface area contributed by atoms with Crippen molar-refractivity contribution in [2.75, 3.05) is 13.7 Å². The van der Waals surface area contributed by atoms with E-state index in [-0.39, 0.29) is 25.0 Å². The van der Waals surface area contributed by atoms with Gasteiger partial charge in [0.15, 0.2) is 0 Å². The molecule has 0 unspecified atom stereocenters. The molecule has 0 aliphatic carbocycles. The van der Waals surface area contributed by atoms with Gasteiger partial charge in [-0.2, -0.15) is 0 Å². The first-order valence-electron chi connectivity index (χ1n) is 10.8. The van der Waals surface area contributed by atoms with Crippen molar-refractivity contribution in [2.24, 2.45) is 11.8 Å². The molecule has 32 heavy (non-hydrogen) atoms. The van der Waals surface area contributed by atoms with E-state index in [0.29, 0.717) is 12.8 Å². The average Bonchev–Trinajstić information content (AvgIpc) is 2.78. The molecule has 0 saturated carbocycles. The van der Waals surface area contributed by atoms with E-state index < -0.39 is 36.0 Å². The van der Waals surface area contributed by atoms with Crippen molar-refractivity contribution in [3.05, 3.63) is 35.9 Å². The molecule has 9 heteroatoms. The number of hydrogen-bond donors (Lipinski definition) is 3. The molecule has 9 nitrogen and oxygen atoms in total. The third-order valence-electron chi connectivity index (χ3n) is 4.96. The van der Waals surface area contributed by atoms with Gasteiger partial charge >= 0.3 is 12.1 Å². The SMILES string of the molecule is CC[C@H](C)[C@H](NC(=O)OCc1ccccc1)C(=O)N[C@H](CC(C)C)C(=O)NCC(=O)OC. The lowest BCUT2D eigenvalue weighted by Crippen LogP contribution is -2.56. The number of amides is 3. The maximum Gasteiger partial charge on any atom is 0.408 e. The van der Waals surface area contributed by atoms with E-state index >= 15 is 0 Å². The highest BCUT2D eigenvalue weighted by Gasteiger charge is 2.30. The Morgan fingerprint density at radius 1 is 0.969 bits per heavy atom. The molecule has 1 aromatic rings. The van der Waals surface area contributed by atoms with E-state index in [0.717, 1.165) is 5.56 Å². The molecule has 3 N–H and O–H groups in total. The van der Waals surface area contributed by atoms with Crippen LogP contribution >= 0.6 is 0 Å². The van der Waals surface area contributed by atoms with Crippen LogP contribution in [-0.4, -0.2) is 49.6 Å². The number of nitrogens with one attached hydrogen (secondary N) is 3. The van der Waals surface area contributed by atoms with Crippen LogP contribution in [0.4, 0.5) is 4.79 Å². The molecule has 0 spiro atoms. The minimum atomic E-state index is -0.883. The number of esters is 1. The molecule has 0 saturated heterocycles. The summed E-state index contributed by atoms with van der Waals surface area (Å²) in [6, 6.07) is 7.46. The van der Waals surface area contributed by atoms with Gasteiger partial charge in [-0.05, 0) is 23.8 Å². The van der Waals surface area contributed by atoms with E-state index in [1.54, 1.807) is 0 Å². The van der Waals surface area contributed by atoms with Crippen LogP contribution in [0, 0.1) is 11.8 Å². The highest BCUT2D eigenvalue weighted by atomic mass is 16.5. The number of benzene rings is 1. The van der Waals surface area contributed by atoms with Gasteiger partial charge < -0.3 is 25.4 Å². The lowest BCUT2D eigenvalue weighted by Gasteiger charge is -2.26. The van der Waals surface area contributed by atoms with Crippen molar-refractivity contribution in [3.8, 4) is 0 Å². The molecule has 3 atom stereocenters. The van der Waals surface area contributed by atoms with Crippen LogP contribution in [0.3, 0.4) is 0 Å². The fourth-order valence-electron chi connectivity index (χ4n) is 2.91. The van der Waals surface area contributed by atoms with Crippen LogP contribution in [0.15, 0.2) is 30.3 Å². The first-order valence-corrected chi connectivity index (χ1v) is 10.8. The summed E-state index contributed by atoms with van der Waals surface area (Å²) in [4.78, 5) is 49.2. The summed E-state index contributed by atoms with van der Waals surface area (Å²) >= 11 is 0. The van der Waals surface area contributed by atoms with Gasteiger partial charge in [-0.15, -0.1) is 0 Å². The predicted molar refractivity (Wildman–Crippen MR) is 119 cm³/mol. The third-order valence-corrected chi connectivity index (χ3v) is 4.96. The van der Waals surface area contributed by atoms with Crippen LogP contribution < -0.4 is 16.0 Å². The standard InChI is InChI=1S/C23H35N3O6/c1-6-16(4)20(26-23(30)32-14-17-10-8-7-9-11-17)22(29)25-18(12-15(2)3)21(28)24-13-19(27)31-5/h7-11,15-16,18,20H,6,12-14H2,1-5H3,(H,24,28)(H,25,29)(H,26,30)/t16-,18+,20-/m0/s1. The first kappa shape index (κ1) is 26.9. The molecule has 1 rings (SSSR count). The van der Waals surface area contributed by atoms with Crippen molar-refractivity contribution in [1.82, 2.24) is 16.0 Å². The van der Waals surface area contributed by atoms with E-state index in [1.807, 2.05) is 58.0 Å². The Labute approximate surface area is 189 Å². The quantitative estimate of drug-likeness (QED) is 0.420. The average molecular weight is 450 g/mol. The number of alkyl carbamates (subject to hydrolysis) is 1. The monoisotopic (exact) mass is 449 g/mol. The molecule has 0 aliphatic rings. The second kappa shape index (κ2) is 14.1. The second-order valence-electron chi connectivity index (χ2n) is 8.05. The number of methoxy groups -OCH3 is 1. The van der Waals surface area contributed by atoms with E-state index in [9.17, 15) is 19.2 Å². The summed E-state index contributed by atoms with van der Waals surface area (Å²) in [5, 5.41) is 7.79. The van der Waals surface area contributed by atoms with Crippen LogP contribution in [0.5, 0.6) is 0 Å². The Kier molecular flexibility index (Phi) is 11.8. The van der Waals surface area contributed by atoms with Crippen molar-refractivity contribution >= 4 is 23.9 Å². The third kappa shape index (κ3) is 9.80. The number of carbonyl (C=O) groups excluding carboxylic acids is 4. The van der Waals surface area contributed by atoms with Crippen molar-refractivity contribution in [1.29, 1.82) is 0 Å². The zero-order chi connectivity index (χ0) is 24.1. The zero-order valence-corrected chi connectivity index (χ0v) is 19.5.